The highest BCUT2D eigenvalue weighted by Crippen LogP contribution is 2.22. The Kier molecular flexibility index (Phi) is 4.62. The van der Waals surface area contributed by atoms with Gasteiger partial charge in [-0.2, -0.15) is 0 Å². The van der Waals surface area contributed by atoms with Crippen molar-refractivity contribution in [1.29, 1.82) is 0 Å². The van der Waals surface area contributed by atoms with Crippen LogP contribution in [-0.4, -0.2) is 52.5 Å². The number of aromatic nitrogens is 3. The third-order valence-electron chi connectivity index (χ3n) is 5.01. The highest BCUT2D eigenvalue weighted by molar-refractivity contribution is 5.94. The molecule has 0 unspecified atom stereocenters. The zero-order valence-electron chi connectivity index (χ0n) is 15.7. The first-order chi connectivity index (χ1) is 13.1. The number of nitrogens with zero attached hydrogens (tertiary/aromatic N) is 5. The van der Waals surface area contributed by atoms with Gasteiger partial charge in [0.15, 0.2) is 0 Å². The lowest BCUT2D eigenvalue weighted by molar-refractivity contribution is 0.0759. The van der Waals surface area contributed by atoms with Gasteiger partial charge in [0.25, 0.3) is 5.91 Å². The van der Waals surface area contributed by atoms with Crippen LogP contribution in [0.15, 0.2) is 55.0 Å². The molecule has 3 aromatic rings. The van der Waals surface area contributed by atoms with Gasteiger partial charge >= 0.3 is 0 Å². The number of imidazole rings is 1. The van der Waals surface area contributed by atoms with E-state index < -0.39 is 0 Å². The predicted octanol–water partition coefficient (Wildman–Crippen LogP) is 2.71. The average Bonchev–Trinajstić information content (AvgIpc) is 2.99. The highest BCUT2D eigenvalue weighted by atomic mass is 16.2. The average molecular weight is 361 g/mol. The Morgan fingerprint density at radius 2 is 1.85 bits per heavy atom. The van der Waals surface area contributed by atoms with Gasteiger partial charge in [-0.25, -0.2) is 4.98 Å². The molecule has 1 aromatic carbocycles. The summed E-state index contributed by atoms with van der Waals surface area (Å²) in [4.78, 5) is 25.7. The molecular weight excluding hydrogens is 338 g/mol. The molecule has 0 bridgehead atoms. The molecule has 0 saturated heterocycles. The Labute approximate surface area is 159 Å². The summed E-state index contributed by atoms with van der Waals surface area (Å²) in [5.74, 6) is 1.10. The topological polar surface area (TPSA) is 54.3 Å². The maximum Gasteiger partial charge on any atom is 0.253 e. The normalized spacial score (nSPS) is 13.8. The number of rotatable bonds is 3. The lowest BCUT2D eigenvalue weighted by Crippen LogP contribution is -2.33. The number of hydrogen-bond acceptors (Lipinski definition) is 4. The number of fused-ring (bicyclic) bond motifs is 1. The molecule has 6 nitrogen and oxygen atoms in total. The fourth-order valence-corrected chi connectivity index (χ4v) is 3.46. The molecule has 0 saturated carbocycles. The van der Waals surface area contributed by atoms with Crippen LogP contribution in [-0.2, 0) is 13.0 Å². The number of hydrogen-bond donors (Lipinski definition) is 0. The largest absolute Gasteiger partial charge is 0.378 e. The third kappa shape index (κ3) is 3.43. The molecule has 3 heterocycles. The number of benzene rings is 1. The second-order valence-electron chi connectivity index (χ2n) is 6.94. The Morgan fingerprint density at radius 1 is 1.04 bits per heavy atom. The summed E-state index contributed by atoms with van der Waals surface area (Å²) in [5, 5.41) is 0. The first-order valence-electron chi connectivity index (χ1n) is 9.15. The number of amides is 1. The first-order valence-corrected chi connectivity index (χ1v) is 9.15. The van der Waals surface area contributed by atoms with E-state index in [-0.39, 0.29) is 5.91 Å². The Morgan fingerprint density at radius 3 is 2.56 bits per heavy atom. The van der Waals surface area contributed by atoms with Crippen LogP contribution < -0.4 is 4.90 Å². The number of anilines is 1. The van der Waals surface area contributed by atoms with E-state index in [0.717, 1.165) is 41.3 Å². The van der Waals surface area contributed by atoms with Crippen molar-refractivity contribution in [2.75, 3.05) is 32.1 Å². The molecule has 0 N–H and O–H groups in total. The van der Waals surface area contributed by atoms with E-state index in [1.54, 1.807) is 6.20 Å². The molecule has 4 rings (SSSR count). The van der Waals surface area contributed by atoms with Crippen LogP contribution in [0.3, 0.4) is 0 Å². The van der Waals surface area contributed by atoms with Crippen LogP contribution >= 0.6 is 0 Å². The van der Waals surface area contributed by atoms with E-state index in [1.165, 1.54) is 0 Å². The van der Waals surface area contributed by atoms with Gasteiger partial charge in [-0.1, -0.05) is 0 Å². The molecule has 0 spiro atoms. The lowest BCUT2D eigenvalue weighted by Gasteiger charge is -2.21. The minimum absolute atomic E-state index is 0.0778. The number of carbonyl (C=O) groups is 1. The zero-order valence-corrected chi connectivity index (χ0v) is 15.7. The van der Waals surface area contributed by atoms with Gasteiger partial charge in [0.1, 0.15) is 5.82 Å². The minimum Gasteiger partial charge on any atom is -0.378 e. The summed E-state index contributed by atoms with van der Waals surface area (Å²) in [6.07, 6.45) is 6.28. The van der Waals surface area contributed by atoms with E-state index in [9.17, 15) is 4.79 Å². The van der Waals surface area contributed by atoms with Crippen molar-refractivity contribution >= 4 is 11.6 Å². The van der Waals surface area contributed by atoms with Gasteiger partial charge in [-0.05, 0) is 36.4 Å². The predicted molar refractivity (Wildman–Crippen MR) is 106 cm³/mol. The summed E-state index contributed by atoms with van der Waals surface area (Å²) < 4.78 is 2.21. The van der Waals surface area contributed by atoms with Crippen molar-refractivity contribution < 1.29 is 4.79 Å². The highest BCUT2D eigenvalue weighted by Gasteiger charge is 2.22. The Bertz CT molecular complexity index is 931. The van der Waals surface area contributed by atoms with Gasteiger partial charge in [0.2, 0.25) is 0 Å². The summed E-state index contributed by atoms with van der Waals surface area (Å²) in [5.41, 5.74) is 3.93. The molecule has 27 heavy (non-hydrogen) atoms. The quantitative estimate of drug-likeness (QED) is 0.720. The lowest BCUT2D eigenvalue weighted by atomic mass is 10.1. The van der Waals surface area contributed by atoms with Gasteiger partial charge in [-0.3, -0.25) is 9.78 Å². The van der Waals surface area contributed by atoms with Crippen molar-refractivity contribution in [3.05, 3.63) is 66.4 Å². The van der Waals surface area contributed by atoms with Gasteiger partial charge in [0, 0.05) is 69.4 Å². The molecule has 2 aromatic heterocycles. The van der Waals surface area contributed by atoms with Crippen molar-refractivity contribution in [1.82, 2.24) is 19.4 Å². The summed E-state index contributed by atoms with van der Waals surface area (Å²) in [6, 6.07) is 11.7. The van der Waals surface area contributed by atoms with Crippen molar-refractivity contribution in [3.63, 3.8) is 0 Å². The van der Waals surface area contributed by atoms with Crippen LogP contribution in [0, 0.1) is 0 Å². The molecule has 1 aliphatic rings. The standard InChI is InChI=1S/C21H23N5O/c1-24(2)18-7-5-16(6-8-18)21(27)25-11-9-20-23-15-19(26(20)13-12-25)17-4-3-10-22-14-17/h3-8,10,14-15H,9,11-13H2,1-2H3. The Balaban J connectivity index is 1.52. The monoisotopic (exact) mass is 361 g/mol. The first kappa shape index (κ1) is 17.3. The zero-order chi connectivity index (χ0) is 18.8. The van der Waals surface area contributed by atoms with E-state index in [0.29, 0.717) is 13.1 Å². The smallest absolute Gasteiger partial charge is 0.253 e. The van der Waals surface area contributed by atoms with Crippen LogP contribution in [0.25, 0.3) is 11.3 Å². The Hall–Kier alpha value is -3.15. The van der Waals surface area contributed by atoms with Crippen molar-refractivity contribution in [2.24, 2.45) is 0 Å². The SMILES string of the molecule is CN(C)c1ccc(C(=O)N2CCc3ncc(-c4cccnc4)n3CC2)cc1. The van der Waals surface area contributed by atoms with E-state index >= 15 is 0 Å². The molecule has 0 atom stereocenters. The maximum absolute atomic E-state index is 12.9. The summed E-state index contributed by atoms with van der Waals surface area (Å²) in [6.45, 7) is 2.09. The molecule has 0 radical (unpaired) electrons. The molecular formula is C21H23N5O. The second-order valence-corrected chi connectivity index (χ2v) is 6.94. The van der Waals surface area contributed by atoms with Crippen molar-refractivity contribution in [3.8, 4) is 11.3 Å². The second kappa shape index (κ2) is 7.23. The van der Waals surface area contributed by atoms with Crippen LogP contribution in [0.1, 0.15) is 16.2 Å². The molecule has 0 aliphatic carbocycles. The molecule has 1 aliphatic heterocycles. The molecule has 0 fully saturated rings. The van der Waals surface area contributed by atoms with E-state index in [2.05, 4.69) is 14.5 Å². The summed E-state index contributed by atoms with van der Waals surface area (Å²) >= 11 is 0. The number of pyridine rings is 1. The minimum atomic E-state index is 0.0778. The number of carbonyl (C=O) groups excluding carboxylic acids is 1. The maximum atomic E-state index is 12.9. The summed E-state index contributed by atoms with van der Waals surface area (Å²) in [7, 11) is 3.99. The van der Waals surface area contributed by atoms with Gasteiger partial charge in [-0.15, -0.1) is 0 Å². The molecule has 138 valence electrons. The third-order valence-corrected chi connectivity index (χ3v) is 5.01. The van der Waals surface area contributed by atoms with E-state index in [4.69, 9.17) is 0 Å². The van der Waals surface area contributed by atoms with Crippen LogP contribution in [0.2, 0.25) is 0 Å². The van der Waals surface area contributed by atoms with Gasteiger partial charge < -0.3 is 14.4 Å². The van der Waals surface area contributed by atoms with Gasteiger partial charge in [0.05, 0.1) is 11.9 Å². The fourth-order valence-electron chi connectivity index (χ4n) is 3.46. The molecule has 6 heteroatoms. The fraction of sp³-hybridized carbons (Fsp3) is 0.286. The molecule has 1 amide bonds. The van der Waals surface area contributed by atoms with Crippen LogP contribution in [0.5, 0.6) is 0 Å². The van der Waals surface area contributed by atoms with E-state index in [1.807, 2.05) is 72.7 Å². The van der Waals surface area contributed by atoms with Crippen LogP contribution in [0.4, 0.5) is 5.69 Å². The van der Waals surface area contributed by atoms with Crippen molar-refractivity contribution in [2.45, 2.75) is 13.0 Å².